The number of rotatable bonds is 6. The number of hydrogen-bond acceptors (Lipinski definition) is 4. The Morgan fingerprint density at radius 2 is 1.66 bits per heavy atom. The van der Waals surface area contributed by atoms with Crippen molar-refractivity contribution in [2.75, 3.05) is 39.9 Å². The Labute approximate surface area is 188 Å². The maximum Gasteiger partial charge on any atom is 0.252 e. The van der Waals surface area contributed by atoms with Crippen LogP contribution in [0.25, 0.3) is 21.9 Å². The van der Waals surface area contributed by atoms with Crippen LogP contribution in [0.15, 0.2) is 60.7 Å². The van der Waals surface area contributed by atoms with Gasteiger partial charge in [-0.3, -0.25) is 14.5 Å². The van der Waals surface area contributed by atoms with Crippen LogP contribution in [0, 0.1) is 0 Å². The van der Waals surface area contributed by atoms with Gasteiger partial charge in [-0.05, 0) is 40.5 Å². The van der Waals surface area contributed by atoms with Crippen LogP contribution in [0.3, 0.4) is 0 Å². The molecule has 3 aromatic carbocycles. The van der Waals surface area contributed by atoms with Gasteiger partial charge in [0.2, 0.25) is 5.91 Å². The fraction of sp³-hybridized carbons (Fsp3) is 0.308. The lowest BCUT2D eigenvalue weighted by Crippen LogP contribution is -2.37. The predicted octanol–water partition coefficient (Wildman–Crippen LogP) is 3.38. The van der Waals surface area contributed by atoms with Gasteiger partial charge in [-0.25, -0.2) is 0 Å². The SMILES string of the molecule is CNC(=O)CNC(=O)c1cccc2c(-c3ccc(C(C)N4CCOCC4)cc3)cccc12. The van der Waals surface area contributed by atoms with E-state index in [4.69, 9.17) is 4.74 Å². The van der Waals surface area contributed by atoms with Crippen LogP contribution in [0.4, 0.5) is 0 Å². The monoisotopic (exact) mass is 431 g/mol. The maximum atomic E-state index is 12.7. The molecule has 0 aliphatic carbocycles. The van der Waals surface area contributed by atoms with Crippen molar-refractivity contribution in [1.29, 1.82) is 0 Å². The van der Waals surface area contributed by atoms with Gasteiger partial charge in [-0.15, -0.1) is 0 Å². The minimum atomic E-state index is -0.258. The van der Waals surface area contributed by atoms with Crippen molar-refractivity contribution in [2.24, 2.45) is 0 Å². The van der Waals surface area contributed by atoms with Gasteiger partial charge in [0.1, 0.15) is 0 Å². The highest BCUT2D eigenvalue weighted by Gasteiger charge is 2.19. The number of likely N-dealkylation sites (N-methyl/N-ethyl adjacent to an activating group) is 1. The molecule has 0 radical (unpaired) electrons. The largest absolute Gasteiger partial charge is 0.379 e. The normalized spacial score (nSPS) is 15.3. The molecule has 2 N–H and O–H groups in total. The number of carbonyl (C=O) groups is 2. The van der Waals surface area contributed by atoms with Crippen molar-refractivity contribution in [3.63, 3.8) is 0 Å². The fourth-order valence-electron chi connectivity index (χ4n) is 4.22. The van der Waals surface area contributed by atoms with Gasteiger partial charge in [-0.1, -0.05) is 54.6 Å². The molecule has 6 heteroatoms. The zero-order valence-electron chi connectivity index (χ0n) is 18.6. The molecule has 0 spiro atoms. The number of amides is 2. The summed E-state index contributed by atoms with van der Waals surface area (Å²) in [4.78, 5) is 26.6. The lowest BCUT2D eigenvalue weighted by molar-refractivity contribution is -0.119. The summed E-state index contributed by atoms with van der Waals surface area (Å²) in [5, 5.41) is 7.07. The summed E-state index contributed by atoms with van der Waals surface area (Å²) in [6, 6.07) is 20.7. The number of morpholine rings is 1. The minimum absolute atomic E-state index is 0.0474. The van der Waals surface area contributed by atoms with E-state index in [0.29, 0.717) is 11.6 Å². The first-order valence-electron chi connectivity index (χ1n) is 11.0. The number of hydrogen-bond donors (Lipinski definition) is 2. The second-order valence-corrected chi connectivity index (χ2v) is 8.01. The molecule has 32 heavy (non-hydrogen) atoms. The van der Waals surface area contributed by atoms with Crippen LogP contribution in [0.1, 0.15) is 28.9 Å². The molecule has 1 aliphatic heterocycles. The van der Waals surface area contributed by atoms with Crippen LogP contribution in [-0.2, 0) is 9.53 Å². The van der Waals surface area contributed by atoms with Crippen molar-refractivity contribution < 1.29 is 14.3 Å². The molecule has 1 fully saturated rings. The zero-order valence-corrected chi connectivity index (χ0v) is 18.6. The van der Waals surface area contributed by atoms with Crippen LogP contribution in [0.2, 0.25) is 0 Å². The van der Waals surface area contributed by atoms with Crippen molar-refractivity contribution in [3.8, 4) is 11.1 Å². The van der Waals surface area contributed by atoms with Crippen molar-refractivity contribution >= 4 is 22.6 Å². The van der Waals surface area contributed by atoms with Gasteiger partial charge in [0.15, 0.2) is 0 Å². The van der Waals surface area contributed by atoms with Gasteiger partial charge >= 0.3 is 0 Å². The van der Waals surface area contributed by atoms with E-state index in [1.165, 1.54) is 5.56 Å². The predicted molar refractivity (Wildman–Crippen MR) is 127 cm³/mol. The fourth-order valence-corrected chi connectivity index (χ4v) is 4.22. The second kappa shape index (κ2) is 9.94. The van der Waals surface area contributed by atoms with Crippen molar-refractivity contribution in [2.45, 2.75) is 13.0 Å². The van der Waals surface area contributed by atoms with Gasteiger partial charge in [-0.2, -0.15) is 0 Å². The molecule has 4 rings (SSSR count). The molecular formula is C26H29N3O3. The van der Waals surface area contributed by atoms with E-state index < -0.39 is 0 Å². The van der Waals surface area contributed by atoms with Crippen molar-refractivity contribution in [1.82, 2.24) is 15.5 Å². The highest BCUT2D eigenvalue weighted by Crippen LogP contribution is 2.32. The van der Waals surface area contributed by atoms with Crippen LogP contribution in [-0.4, -0.2) is 56.6 Å². The summed E-state index contributed by atoms with van der Waals surface area (Å²) in [6.07, 6.45) is 0. The number of fused-ring (bicyclic) bond motifs is 1. The van der Waals surface area contributed by atoms with E-state index in [0.717, 1.165) is 48.2 Å². The molecule has 0 aromatic heterocycles. The molecule has 1 unspecified atom stereocenters. The van der Waals surface area contributed by atoms with Crippen LogP contribution < -0.4 is 10.6 Å². The van der Waals surface area contributed by atoms with Gasteiger partial charge < -0.3 is 15.4 Å². The standard InChI is InChI=1S/C26H29N3O3/c1-18(29-13-15-32-16-14-29)19-9-11-20(12-10-19)21-5-3-7-23-22(21)6-4-8-24(23)26(31)28-17-25(30)27-2/h3-12,18H,13-17H2,1-2H3,(H,27,30)(H,28,31). The third-order valence-electron chi connectivity index (χ3n) is 6.15. The summed E-state index contributed by atoms with van der Waals surface area (Å²) in [7, 11) is 1.55. The van der Waals surface area contributed by atoms with Gasteiger partial charge in [0, 0.05) is 31.7 Å². The number of nitrogens with zero attached hydrogens (tertiary/aromatic N) is 1. The third-order valence-corrected chi connectivity index (χ3v) is 6.15. The molecule has 2 amide bonds. The molecule has 166 valence electrons. The quantitative estimate of drug-likeness (QED) is 0.628. The highest BCUT2D eigenvalue weighted by molar-refractivity contribution is 6.11. The molecule has 1 heterocycles. The minimum Gasteiger partial charge on any atom is -0.379 e. The Hall–Kier alpha value is -3.22. The molecule has 0 saturated carbocycles. The lowest BCUT2D eigenvalue weighted by Gasteiger charge is -2.32. The Kier molecular flexibility index (Phi) is 6.83. The van der Waals surface area contributed by atoms with Crippen molar-refractivity contribution in [3.05, 3.63) is 71.8 Å². The topological polar surface area (TPSA) is 70.7 Å². The van der Waals surface area contributed by atoms with Crippen LogP contribution in [0.5, 0.6) is 0 Å². The van der Waals surface area contributed by atoms with Gasteiger partial charge in [0.25, 0.3) is 5.91 Å². The van der Waals surface area contributed by atoms with E-state index in [1.54, 1.807) is 13.1 Å². The number of ether oxygens (including phenoxy) is 1. The third kappa shape index (κ3) is 4.66. The summed E-state index contributed by atoms with van der Waals surface area (Å²) in [6.45, 7) is 5.68. The second-order valence-electron chi connectivity index (χ2n) is 8.01. The average Bonchev–Trinajstić information content (AvgIpc) is 2.86. The smallest absolute Gasteiger partial charge is 0.252 e. The van der Waals surface area contributed by atoms with E-state index in [2.05, 4.69) is 52.8 Å². The Bertz CT molecular complexity index is 1110. The first kappa shape index (κ1) is 22.0. The number of benzene rings is 3. The number of nitrogens with one attached hydrogen (secondary N) is 2. The Morgan fingerprint density at radius 1 is 0.969 bits per heavy atom. The zero-order chi connectivity index (χ0) is 22.5. The van der Waals surface area contributed by atoms with E-state index in [1.807, 2.05) is 24.3 Å². The molecule has 1 saturated heterocycles. The summed E-state index contributed by atoms with van der Waals surface area (Å²) < 4.78 is 5.47. The summed E-state index contributed by atoms with van der Waals surface area (Å²) >= 11 is 0. The number of carbonyl (C=O) groups excluding carboxylic acids is 2. The summed E-state index contributed by atoms with van der Waals surface area (Å²) in [5.41, 5.74) is 4.03. The first-order chi connectivity index (χ1) is 15.6. The Morgan fingerprint density at radius 3 is 2.38 bits per heavy atom. The first-order valence-corrected chi connectivity index (χ1v) is 11.0. The molecule has 6 nitrogen and oxygen atoms in total. The molecule has 1 atom stereocenters. The average molecular weight is 432 g/mol. The van der Waals surface area contributed by atoms with Crippen LogP contribution >= 0.6 is 0 Å². The summed E-state index contributed by atoms with van der Waals surface area (Å²) in [5.74, 6) is -0.489. The van der Waals surface area contributed by atoms with E-state index >= 15 is 0 Å². The maximum absolute atomic E-state index is 12.7. The molecule has 3 aromatic rings. The molecular weight excluding hydrogens is 402 g/mol. The highest BCUT2D eigenvalue weighted by atomic mass is 16.5. The Balaban J connectivity index is 1.60. The molecule has 1 aliphatic rings. The van der Waals surface area contributed by atoms with E-state index in [-0.39, 0.29) is 18.4 Å². The molecule has 0 bridgehead atoms. The lowest BCUT2D eigenvalue weighted by atomic mass is 9.94. The van der Waals surface area contributed by atoms with E-state index in [9.17, 15) is 9.59 Å². The van der Waals surface area contributed by atoms with Gasteiger partial charge in [0.05, 0.1) is 19.8 Å².